The summed E-state index contributed by atoms with van der Waals surface area (Å²) in [5.74, 6) is 0. The minimum atomic E-state index is -4.46. The molecule has 2 fully saturated rings. The minimum absolute atomic E-state index is 0.0450. The lowest BCUT2D eigenvalue weighted by Gasteiger charge is -2.39. The van der Waals surface area contributed by atoms with Crippen molar-refractivity contribution in [1.82, 2.24) is 34.7 Å². The Morgan fingerprint density at radius 1 is 1.15 bits per heavy atom. The largest absolute Gasteiger partial charge is 0.408 e. The van der Waals surface area contributed by atoms with Gasteiger partial charge in [-0.05, 0) is 43.9 Å². The number of aryl methyl sites for hydroxylation is 1. The van der Waals surface area contributed by atoms with Gasteiger partial charge in [-0.15, -0.1) is 0 Å². The average Bonchev–Trinajstić information content (AvgIpc) is 3.54. The molecular formula is C22H23F3N8O. The number of fused-ring (bicyclic) bond motifs is 3. The number of hydrogen-bond donors (Lipinski definition) is 2. The first-order valence-electron chi connectivity index (χ1n) is 11.2. The second-order valence-corrected chi connectivity index (χ2v) is 9.07. The first-order chi connectivity index (χ1) is 16.3. The Hall–Kier alpha value is -3.41. The molecule has 0 saturated carbocycles. The average molecular weight is 472 g/mol. The molecule has 2 saturated heterocycles. The lowest BCUT2D eigenvalue weighted by Crippen LogP contribution is -2.45. The molecule has 0 amide bonds. The van der Waals surface area contributed by atoms with Crippen LogP contribution in [0.15, 0.2) is 30.6 Å². The molecule has 6 rings (SSSR count). The van der Waals surface area contributed by atoms with Crippen LogP contribution in [0, 0.1) is 0 Å². The number of nitrogens with one attached hydrogen (secondary N) is 1. The topological polar surface area (TPSA) is 101 Å². The number of anilines is 1. The van der Waals surface area contributed by atoms with Crippen LogP contribution in [0.1, 0.15) is 25.7 Å². The van der Waals surface area contributed by atoms with Gasteiger partial charge in [0.1, 0.15) is 23.3 Å². The number of nitrogens with zero attached hydrogens (tertiary/aromatic N) is 7. The quantitative estimate of drug-likeness (QED) is 0.473. The lowest BCUT2D eigenvalue weighted by molar-refractivity contribution is -0.141. The second-order valence-electron chi connectivity index (χ2n) is 9.07. The number of alkyl halides is 3. The van der Waals surface area contributed by atoms with Crippen LogP contribution in [0.4, 0.5) is 18.9 Å². The standard InChI is InChI=1S/C22H23F3N8O/c1-31-17(5-7-27-31)16-10-18(33-12-2-3-13(33)9-14(34)8-12)21-20(28-16)19(15-4-6-26-29-15)30-32(21)11-22(23,24)25/h4-7,10,12-14,34H,2-3,8-9,11H2,1H3,(H,26,29). The van der Waals surface area contributed by atoms with E-state index in [1.54, 1.807) is 24.0 Å². The van der Waals surface area contributed by atoms with Crippen molar-refractivity contribution in [3.63, 3.8) is 0 Å². The molecule has 2 aliphatic heterocycles. The van der Waals surface area contributed by atoms with E-state index in [-0.39, 0.29) is 12.1 Å². The van der Waals surface area contributed by atoms with Crippen molar-refractivity contribution in [2.45, 2.75) is 56.6 Å². The van der Waals surface area contributed by atoms with Crippen molar-refractivity contribution in [1.29, 1.82) is 0 Å². The fraction of sp³-hybridized carbons (Fsp3) is 0.455. The summed E-state index contributed by atoms with van der Waals surface area (Å²) in [6.07, 6.45) is 1.26. The molecule has 9 nitrogen and oxygen atoms in total. The van der Waals surface area contributed by atoms with Gasteiger partial charge >= 0.3 is 6.18 Å². The minimum Gasteiger partial charge on any atom is -0.393 e. The van der Waals surface area contributed by atoms with Crippen LogP contribution in [-0.2, 0) is 13.6 Å². The molecule has 0 spiro atoms. The summed E-state index contributed by atoms with van der Waals surface area (Å²) < 4.78 is 43.5. The maximum Gasteiger partial charge on any atom is 0.408 e. The van der Waals surface area contributed by atoms with E-state index in [0.717, 1.165) is 23.2 Å². The summed E-state index contributed by atoms with van der Waals surface area (Å²) in [4.78, 5) is 6.97. The summed E-state index contributed by atoms with van der Waals surface area (Å²) in [7, 11) is 1.80. The normalized spacial score (nSPS) is 22.7. The van der Waals surface area contributed by atoms with Crippen LogP contribution >= 0.6 is 0 Å². The summed E-state index contributed by atoms with van der Waals surface area (Å²) in [6, 6.07) is 5.42. The van der Waals surface area contributed by atoms with Gasteiger partial charge in [-0.3, -0.25) is 14.5 Å². The first-order valence-corrected chi connectivity index (χ1v) is 11.2. The number of rotatable bonds is 4. The number of aliphatic hydroxyl groups excluding tert-OH is 1. The molecule has 0 aromatic carbocycles. The summed E-state index contributed by atoms with van der Waals surface area (Å²) in [5, 5.41) is 25.7. The highest BCUT2D eigenvalue weighted by atomic mass is 19.4. The predicted octanol–water partition coefficient (Wildman–Crippen LogP) is 3.28. The summed E-state index contributed by atoms with van der Waals surface area (Å²) in [5.41, 5.74) is 3.50. The Bertz CT molecular complexity index is 1330. The third kappa shape index (κ3) is 3.44. The van der Waals surface area contributed by atoms with E-state index in [1.807, 2.05) is 12.1 Å². The van der Waals surface area contributed by atoms with Gasteiger partial charge in [0.2, 0.25) is 0 Å². The maximum atomic E-state index is 13.6. The van der Waals surface area contributed by atoms with E-state index in [2.05, 4.69) is 25.3 Å². The van der Waals surface area contributed by atoms with Gasteiger partial charge in [0, 0.05) is 31.5 Å². The van der Waals surface area contributed by atoms with Crippen molar-refractivity contribution in [3.05, 3.63) is 30.6 Å². The second kappa shape index (κ2) is 7.55. The molecule has 178 valence electrons. The van der Waals surface area contributed by atoms with Crippen molar-refractivity contribution < 1.29 is 18.3 Å². The fourth-order valence-corrected chi connectivity index (χ4v) is 5.51. The smallest absolute Gasteiger partial charge is 0.393 e. The SMILES string of the molecule is Cn1nccc1-c1cc(N2C3CCC2CC(O)C3)c2c(n1)c(-c1ccn[nH]1)nn2CC(F)(F)F. The van der Waals surface area contributed by atoms with Crippen LogP contribution in [-0.4, -0.2) is 64.2 Å². The highest BCUT2D eigenvalue weighted by Crippen LogP contribution is 2.44. The monoisotopic (exact) mass is 472 g/mol. The van der Waals surface area contributed by atoms with Crippen molar-refractivity contribution in [2.24, 2.45) is 7.05 Å². The number of aromatic amines is 1. The third-order valence-corrected chi connectivity index (χ3v) is 6.83. The van der Waals surface area contributed by atoms with Crippen molar-refractivity contribution in [3.8, 4) is 22.8 Å². The maximum absolute atomic E-state index is 13.6. The Morgan fingerprint density at radius 3 is 2.53 bits per heavy atom. The van der Waals surface area contributed by atoms with Gasteiger partial charge < -0.3 is 10.0 Å². The van der Waals surface area contributed by atoms with Gasteiger partial charge in [0.05, 0.1) is 28.9 Å². The molecule has 2 unspecified atom stereocenters. The summed E-state index contributed by atoms with van der Waals surface area (Å²) >= 11 is 0. The van der Waals surface area contributed by atoms with Crippen molar-refractivity contribution in [2.75, 3.05) is 4.90 Å². The Balaban J connectivity index is 1.65. The van der Waals surface area contributed by atoms with E-state index < -0.39 is 18.8 Å². The molecule has 2 N–H and O–H groups in total. The lowest BCUT2D eigenvalue weighted by atomic mass is 9.98. The number of pyridine rings is 1. The molecule has 0 radical (unpaired) electrons. The molecule has 4 aromatic rings. The Labute approximate surface area is 192 Å². The number of aliphatic hydroxyl groups is 1. The van der Waals surface area contributed by atoms with Gasteiger partial charge in [0.25, 0.3) is 0 Å². The molecule has 0 aliphatic carbocycles. The molecule has 2 atom stereocenters. The number of piperidine rings is 1. The first kappa shape index (κ1) is 21.1. The molecule has 4 aromatic heterocycles. The molecule has 2 aliphatic rings. The number of halogens is 3. The van der Waals surface area contributed by atoms with Crippen LogP contribution in [0.3, 0.4) is 0 Å². The molecule has 2 bridgehead atoms. The Morgan fingerprint density at radius 2 is 1.91 bits per heavy atom. The molecule has 34 heavy (non-hydrogen) atoms. The van der Waals surface area contributed by atoms with Crippen LogP contribution in [0.5, 0.6) is 0 Å². The van der Waals surface area contributed by atoms with Crippen LogP contribution in [0.2, 0.25) is 0 Å². The van der Waals surface area contributed by atoms with Crippen LogP contribution in [0.25, 0.3) is 33.8 Å². The highest BCUT2D eigenvalue weighted by molar-refractivity contribution is 5.99. The van der Waals surface area contributed by atoms with E-state index in [9.17, 15) is 18.3 Å². The number of hydrogen-bond acceptors (Lipinski definition) is 6. The Kier molecular flexibility index (Phi) is 4.70. The van der Waals surface area contributed by atoms with E-state index >= 15 is 0 Å². The fourth-order valence-electron chi connectivity index (χ4n) is 5.51. The molecule has 6 heterocycles. The third-order valence-electron chi connectivity index (χ3n) is 6.83. The van der Waals surface area contributed by atoms with Crippen molar-refractivity contribution >= 4 is 16.7 Å². The predicted molar refractivity (Wildman–Crippen MR) is 118 cm³/mol. The van der Waals surface area contributed by atoms with Gasteiger partial charge in [-0.25, -0.2) is 4.98 Å². The van der Waals surface area contributed by atoms with E-state index in [1.165, 1.54) is 6.20 Å². The molecular weight excluding hydrogens is 449 g/mol. The van der Waals surface area contributed by atoms with E-state index in [4.69, 9.17) is 4.98 Å². The summed E-state index contributed by atoms with van der Waals surface area (Å²) in [6.45, 7) is -1.23. The number of H-pyrrole nitrogens is 1. The van der Waals surface area contributed by atoms with Gasteiger partial charge in [0.15, 0.2) is 0 Å². The zero-order valence-corrected chi connectivity index (χ0v) is 18.4. The number of aromatic nitrogens is 7. The molecule has 12 heteroatoms. The zero-order valence-electron chi connectivity index (χ0n) is 18.4. The van der Waals surface area contributed by atoms with Gasteiger partial charge in [-0.1, -0.05) is 0 Å². The van der Waals surface area contributed by atoms with E-state index in [0.29, 0.717) is 46.6 Å². The van der Waals surface area contributed by atoms with Gasteiger partial charge in [-0.2, -0.15) is 28.5 Å². The zero-order chi connectivity index (χ0) is 23.6. The van der Waals surface area contributed by atoms with Crippen LogP contribution < -0.4 is 4.90 Å². The highest BCUT2D eigenvalue weighted by Gasteiger charge is 2.42.